The molecule has 3 rings (SSSR count). The molecule has 0 aliphatic rings. The Balaban J connectivity index is 1.50. The molecule has 23 heavy (non-hydrogen) atoms. The Kier molecular flexibility index (Phi) is 4.73. The second kappa shape index (κ2) is 7.11. The average molecular weight is 312 g/mol. The highest BCUT2D eigenvalue weighted by atomic mass is 16.5. The van der Waals surface area contributed by atoms with Crippen LogP contribution in [0.3, 0.4) is 0 Å². The number of aromatic nitrogens is 3. The number of nitrogens with zero attached hydrogens (tertiary/aromatic N) is 2. The molecule has 0 radical (unpaired) electrons. The molecule has 0 amide bonds. The molecule has 2 heterocycles. The van der Waals surface area contributed by atoms with Crippen LogP contribution >= 0.6 is 0 Å². The van der Waals surface area contributed by atoms with E-state index in [1.54, 1.807) is 6.20 Å². The molecule has 0 aliphatic carbocycles. The number of hydrogen-bond donors (Lipinski definition) is 2. The second-order valence-corrected chi connectivity index (χ2v) is 5.32. The molecule has 0 fully saturated rings. The summed E-state index contributed by atoms with van der Waals surface area (Å²) in [5.74, 6) is 0.725. The standard InChI is InChI=1S/C17H20N4O2/c1-2-12-7-14(9-19-8-12)22-10-13(18)11-23-17-20-15-5-3-4-6-16(15)21-17/h3-9,13H,2,10-11,18H2,1H3,(H,20,21)/t13-/m1/s1. The average Bonchev–Trinajstić information content (AvgIpc) is 3.01. The van der Waals surface area contributed by atoms with Gasteiger partial charge in [-0.25, -0.2) is 0 Å². The molecular formula is C17H20N4O2. The third-order valence-corrected chi connectivity index (χ3v) is 3.44. The molecule has 0 saturated heterocycles. The van der Waals surface area contributed by atoms with Crippen LogP contribution in [-0.4, -0.2) is 34.2 Å². The summed E-state index contributed by atoms with van der Waals surface area (Å²) in [6.07, 6.45) is 4.44. The fourth-order valence-electron chi connectivity index (χ4n) is 2.17. The fraction of sp³-hybridized carbons (Fsp3) is 0.294. The van der Waals surface area contributed by atoms with E-state index in [2.05, 4.69) is 21.9 Å². The maximum Gasteiger partial charge on any atom is 0.294 e. The predicted molar refractivity (Wildman–Crippen MR) is 88.7 cm³/mol. The van der Waals surface area contributed by atoms with Crippen molar-refractivity contribution >= 4 is 11.0 Å². The largest absolute Gasteiger partial charge is 0.490 e. The quantitative estimate of drug-likeness (QED) is 0.699. The lowest BCUT2D eigenvalue weighted by molar-refractivity contribution is 0.211. The zero-order valence-corrected chi connectivity index (χ0v) is 13.0. The minimum Gasteiger partial charge on any atom is -0.490 e. The van der Waals surface area contributed by atoms with Crippen molar-refractivity contribution in [2.45, 2.75) is 19.4 Å². The van der Waals surface area contributed by atoms with E-state index in [0.29, 0.717) is 19.2 Å². The van der Waals surface area contributed by atoms with Gasteiger partial charge in [0.1, 0.15) is 19.0 Å². The lowest BCUT2D eigenvalue weighted by Crippen LogP contribution is -2.34. The highest BCUT2D eigenvalue weighted by Crippen LogP contribution is 2.15. The van der Waals surface area contributed by atoms with Gasteiger partial charge in [0, 0.05) is 6.20 Å². The Hall–Kier alpha value is -2.60. The summed E-state index contributed by atoms with van der Waals surface area (Å²) in [6.45, 7) is 2.75. The van der Waals surface area contributed by atoms with Crippen LogP contribution in [0.25, 0.3) is 11.0 Å². The summed E-state index contributed by atoms with van der Waals surface area (Å²) in [6, 6.07) is 9.94. The summed E-state index contributed by atoms with van der Waals surface area (Å²) in [7, 11) is 0. The number of imidazole rings is 1. The molecule has 0 saturated carbocycles. The van der Waals surface area contributed by atoms with E-state index in [-0.39, 0.29) is 6.04 Å². The molecule has 6 nitrogen and oxygen atoms in total. The minimum atomic E-state index is -0.256. The van der Waals surface area contributed by atoms with E-state index in [0.717, 1.165) is 28.8 Å². The molecule has 3 N–H and O–H groups in total. The van der Waals surface area contributed by atoms with Crippen LogP contribution in [0, 0.1) is 0 Å². The lowest BCUT2D eigenvalue weighted by atomic mass is 10.2. The zero-order valence-electron chi connectivity index (χ0n) is 13.0. The number of pyridine rings is 1. The summed E-state index contributed by atoms with van der Waals surface area (Å²) in [5, 5.41) is 0. The Bertz CT molecular complexity index is 739. The van der Waals surface area contributed by atoms with Gasteiger partial charge in [0.2, 0.25) is 0 Å². The first-order chi connectivity index (χ1) is 11.2. The first-order valence-electron chi connectivity index (χ1n) is 7.64. The predicted octanol–water partition coefficient (Wildman–Crippen LogP) is 2.31. The topological polar surface area (TPSA) is 86.1 Å². The van der Waals surface area contributed by atoms with Crippen molar-refractivity contribution in [2.75, 3.05) is 13.2 Å². The van der Waals surface area contributed by atoms with Crippen molar-refractivity contribution in [1.82, 2.24) is 15.0 Å². The van der Waals surface area contributed by atoms with Gasteiger partial charge in [-0.05, 0) is 30.2 Å². The SMILES string of the molecule is CCc1cncc(OC[C@@H](N)COc2nc3ccccc3[nH]2)c1. The summed E-state index contributed by atoms with van der Waals surface area (Å²) < 4.78 is 11.3. The third kappa shape index (κ3) is 3.98. The van der Waals surface area contributed by atoms with E-state index in [9.17, 15) is 0 Å². The highest BCUT2D eigenvalue weighted by molar-refractivity contribution is 5.75. The van der Waals surface area contributed by atoms with Crippen molar-refractivity contribution in [3.63, 3.8) is 0 Å². The van der Waals surface area contributed by atoms with Crippen LogP contribution in [-0.2, 0) is 6.42 Å². The van der Waals surface area contributed by atoms with Crippen molar-refractivity contribution in [2.24, 2.45) is 5.73 Å². The van der Waals surface area contributed by atoms with E-state index < -0.39 is 0 Å². The Morgan fingerprint density at radius 1 is 1.17 bits per heavy atom. The molecule has 0 unspecified atom stereocenters. The molecule has 1 atom stereocenters. The normalized spacial score (nSPS) is 12.3. The van der Waals surface area contributed by atoms with Gasteiger partial charge in [-0.1, -0.05) is 19.1 Å². The van der Waals surface area contributed by atoms with E-state index in [4.69, 9.17) is 15.2 Å². The molecule has 0 aliphatic heterocycles. The molecule has 2 aromatic heterocycles. The van der Waals surface area contributed by atoms with Gasteiger partial charge in [-0.15, -0.1) is 0 Å². The van der Waals surface area contributed by atoms with Gasteiger partial charge >= 0.3 is 0 Å². The number of aromatic amines is 1. The van der Waals surface area contributed by atoms with Gasteiger partial charge in [0.25, 0.3) is 6.01 Å². The molecule has 0 bridgehead atoms. The van der Waals surface area contributed by atoms with Gasteiger partial charge in [0.05, 0.1) is 23.3 Å². The first kappa shape index (κ1) is 15.3. The van der Waals surface area contributed by atoms with Crippen LogP contribution in [0.5, 0.6) is 11.8 Å². The Morgan fingerprint density at radius 3 is 2.83 bits per heavy atom. The summed E-state index contributed by atoms with van der Waals surface area (Å²) >= 11 is 0. The second-order valence-electron chi connectivity index (χ2n) is 5.32. The number of rotatable bonds is 7. The number of ether oxygens (including phenoxy) is 2. The monoisotopic (exact) mass is 312 g/mol. The lowest BCUT2D eigenvalue weighted by Gasteiger charge is -2.13. The smallest absolute Gasteiger partial charge is 0.294 e. The summed E-state index contributed by atoms with van der Waals surface area (Å²) in [5.41, 5.74) is 8.97. The molecule has 1 aromatic carbocycles. The molecule has 6 heteroatoms. The maximum absolute atomic E-state index is 6.02. The number of hydrogen-bond acceptors (Lipinski definition) is 5. The first-order valence-corrected chi connectivity index (χ1v) is 7.64. The van der Waals surface area contributed by atoms with Gasteiger partial charge in [0.15, 0.2) is 0 Å². The Morgan fingerprint density at radius 2 is 2.00 bits per heavy atom. The maximum atomic E-state index is 6.02. The number of H-pyrrole nitrogens is 1. The minimum absolute atomic E-state index is 0.256. The van der Waals surface area contributed by atoms with Crippen LogP contribution < -0.4 is 15.2 Å². The number of fused-ring (bicyclic) bond motifs is 1. The van der Waals surface area contributed by atoms with Crippen molar-refractivity contribution in [1.29, 1.82) is 0 Å². The van der Waals surface area contributed by atoms with Gasteiger partial charge in [-0.3, -0.25) is 4.98 Å². The van der Waals surface area contributed by atoms with E-state index in [1.165, 1.54) is 0 Å². The van der Waals surface area contributed by atoms with Crippen LogP contribution in [0.4, 0.5) is 0 Å². The number of aryl methyl sites for hydroxylation is 1. The van der Waals surface area contributed by atoms with Crippen molar-refractivity contribution < 1.29 is 9.47 Å². The van der Waals surface area contributed by atoms with Crippen molar-refractivity contribution in [3.05, 3.63) is 48.3 Å². The molecule has 0 spiro atoms. The fourth-order valence-corrected chi connectivity index (χ4v) is 2.17. The van der Waals surface area contributed by atoms with Gasteiger partial charge in [-0.2, -0.15) is 4.98 Å². The molecular weight excluding hydrogens is 292 g/mol. The number of para-hydroxylation sites is 2. The van der Waals surface area contributed by atoms with Crippen LogP contribution in [0.15, 0.2) is 42.7 Å². The third-order valence-electron chi connectivity index (χ3n) is 3.44. The molecule has 120 valence electrons. The zero-order chi connectivity index (χ0) is 16.1. The number of nitrogens with two attached hydrogens (primary N) is 1. The number of nitrogens with one attached hydrogen (secondary N) is 1. The highest BCUT2D eigenvalue weighted by Gasteiger charge is 2.08. The van der Waals surface area contributed by atoms with E-state index in [1.807, 2.05) is 36.5 Å². The Labute approximate surface area is 134 Å². The summed E-state index contributed by atoms with van der Waals surface area (Å²) in [4.78, 5) is 11.6. The van der Waals surface area contributed by atoms with E-state index >= 15 is 0 Å². The van der Waals surface area contributed by atoms with Gasteiger partial charge < -0.3 is 20.2 Å². The van der Waals surface area contributed by atoms with Crippen molar-refractivity contribution in [3.8, 4) is 11.8 Å². The van der Waals surface area contributed by atoms with Crippen LogP contribution in [0.2, 0.25) is 0 Å². The molecule has 3 aromatic rings. The van der Waals surface area contributed by atoms with Crippen LogP contribution in [0.1, 0.15) is 12.5 Å². The number of benzene rings is 1.